The lowest BCUT2D eigenvalue weighted by Gasteiger charge is -2.30. The molecular weight excluding hydrogens is 479 g/mol. The lowest BCUT2D eigenvalue weighted by molar-refractivity contribution is -0.138. The number of ether oxygens (including phenoxy) is 2. The average Bonchev–Trinajstić information content (AvgIpc) is 2.82. The SMILES string of the molecule is CC(=O)[C@@H](OC(C)(C)C)c1c(C)cc2cc(C(F)F)c(F)cc2c1-c1ccc2c3c(ccnc13)CCO2. The Balaban J connectivity index is 1.94. The second kappa shape index (κ2) is 9.14. The van der Waals surface area contributed by atoms with Gasteiger partial charge in [0.15, 0.2) is 5.78 Å². The highest BCUT2D eigenvalue weighted by molar-refractivity contribution is 6.09. The number of halogens is 3. The van der Waals surface area contributed by atoms with Gasteiger partial charge in [-0.1, -0.05) is 6.07 Å². The standard InChI is InChI=1S/C30H28F3NO3/c1-15-12-18-13-21(29(32)33)22(31)14-20(18)26(24(15)28(16(2)35)37-30(3,4)5)19-6-7-23-25-17(9-11-36-23)8-10-34-27(19)25/h6-8,10,12-14,28-29H,9,11H2,1-5H3/t28-/m1/s1. The first kappa shape index (κ1) is 25.2. The molecule has 0 saturated heterocycles. The zero-order chi connectivity index (χ0) is 26.6. The molecule has 1 atom stereocenters. The largest absolute Gasteiger partial charge is 0.493 e. The molecule has 0 radical (unpaired) electrons. The number of alkyl halides is 2. The molecule has 0 amide bonds. The van der Waals surface area contributed by atoms with Crippen LogP contribution in [0.1, 0.15) is 62.5 Å². The van der Waals surface area contributed by atoms with Crippen molar-refractivity contribution in [3.63, 3.8) is 0 Å². The normalized spacial score (nSPS) is 14.3. The van der Waals surface area contributed by atoms with Gasteiger partial charge < -0.3 is 9.47 Å². The summed E-state index contributed by atoms with van der Waals surface area (Å²) in [6.07, 6.45) is -1.48. The minimum atomic E-state index is -2.96. The van der Waals surface area contributed by atoms with Crippen molar-refractivity contribution in [3.8, 4) is 16.9 Å². The van der Waals surface area contributed by atoms with Gasteiger partial charge in [0, 0.05) is 23.6 Å². The summed E-state index contributed by atoms with van der Waals surface area (Å²) in [6.45, 7) is 9.39. The summed E-state index contributed by atoms with van der Waals surface area (Å²) in [5.74, 6) is -0.525. The smallest absolute Gasteiger partial charge is 0.266 e. The van der Waals surface area contributed by atoms with Gasteiger partial charge in [0.05, 0.1) is 23.3 Å². The first-order valence-corrected chi connectivity index (χ1v) is 12.2. The van der Waals surface area contributed by atoms with Crippen LogP contribution in [0.25, 0.3) is 32.8 Å². The zero-order valence-corrected chi connectivity index (χ0v) is 21.4. The number of benzene rings is 3. The number of nitrogens with zero attached hydrogens (tertiary/aromatic N) is 1. The minimum Gasteiger partial charge on any atom is -0.493 e. The van der Waals surface area contributed by atoms with E-state index >= 15 is 4.39 Å². The van der Waals surface area contributed by atoms with E-state index in [1.54, 1.807) is 12.3 Å². The Morgan fingerprint density at radius 3 is 2.57 bits per heavy atom. The quantitative estimate of drug-likeness (QED) is 0.276. The molecule has 2 heterocycles. The molecule has 1 aliphatic heterocycles. The third kappa shape index (κ3) is 4.46. The van der Waals surface area contributed by atoms with E-state index in [9.17, 15) is 13.6 Å². The molecule has 3 aromatic carbocycles. The Morgan fingerprint density at radius 2 is 1.89 bits per heavy atom. The topological polar surface area (TPSA) is 48.4 Å². The van der Waals surface area contributed by atoms with Gasteiger partial charge >= 0.3 is 0 Å². The van der Waals surface area contributed by atoms with Crippen LogP contribution < -0.4 is 4.74 Å². The molecule has 5 rings (SSSR count). The molecule has 1 aromatic heterocycles. The summed E-state index contributed by atoms with van der Waals surface area (Å²) in [7, 11) is 0. The van der Waals surface area contributed by atoms with Crippen LogP contribution in [0.2, 0.25) is 0 Å². The molecular formula is C30H28F3NO3. The van der Waals surface area contributed by atoms with Crippen molar-refractivity contribution >= 4 is 27.5 Å². The number of carbonyl (C=O) groups excluding carboxylic acids is 1. The van der Waals surface area contributed by atoms with Crippen molar-refractivity contribution in [3.05, 3.63) is 70.7 Å². The number of hydrogen-bond donors (Lipinski definition) is 0. The first-order valence-electron chi connectivity index (χ1n) is 12.2. The maximum atomic E-state index is 15.0. The second-order valence-corrected chi connectivity index (χ2v) is 10.5. The highest BCUT2D eigenvalue weighted by Crippen LogP contribution is 2.46. The second-order valence-electron chi connectivity index (χ2n) is 10.5. The number of pyridine rings is 1. The molecule has 0 spiro atoms. The molecule has 0 unspecified atom stereocenters. The van der Waals surface area contributed by atoms with Crippen molar-refractivity contribution in [2.45, 2.75) is 59.2 Å². The van der Waals surface area contributed by atoms with Crippen molar-refractivity contribution in [1.82, 2.24) is 4.98 Å². The maximum absolute atomic E-state index is 15.0. The fourth-order valence-corrected chi connectivity index (χ4v) is 5.19. The van der Waals surface area contributed by atoms with E-state index in [2.05, 4.69) is 4.98 Å². The summed E-state index contributed by atoms with van der Waals surface area (Å²) in [4.78, 5) is 17.7. The number of Topliss-reactive ketones (excluding diaryl/α,β-unsaturated/α-hetero) is 1. The predicted octanol–water partition coefficient (Wildman–Crippen LogP) is 7.82. The van der Waals surface area contributed by atoms with Crippen LogP contribution in [-0.2, 0) is 16.0 Å². The van der Waals surface area contributed by atoms with E-state index in [1.165, 1.54) is 13.0 Å². The van der Waals surface area contributed by atoms with Crippen molar-refractivity contribution in [2.75, 3.05) is 6.61 Å². The lowest BCUT2D eigenvalue weighted by atomic mass is 9.84. The fraction of sp³-hybridized carbons (Fsp3) is 0.333. The van der Waals surface area contributed by atoms with Gasteiger partial charge in [-0.25, -0.2) is 13.2 Å². The molecule has 4 aromatic rings. The van der Waals surface area contributed by atoms with Gasteiger partial charge in [-0.05, 0) is 98.0 Å². The van der Waals surface area contributed by atoms with Crippen LogP contribution in [0.4, 0.5) is 13.2 Å². The molecule has 0 N–H and O–H groups in total. The van der Waals surface area contributed by atoms with Crippen LogP contribution in [0, 0.1) is 12.7 Å². The fourth-order valence-electron chi connectivity index (χ4n) is 5.19. The molecule has 0 aliphatic carbocycles. The van der Waals surface area contributed by atoms with Crippen LogP contribution >= 0.6 is 0 Å². The Kier molecular flexibility index (Phi) is 6.23. The summed E-state index contributed by atoms with van der Waals surface area (Å²) in [5, 5.41) is 1.71. The number of fused-ring (bicyclic) bond motifs is 1. The van der Waals surface area contributed by atoms with Gasteiger partial charge in [0.1, 0.15) is 17.7 Å². The van der Waals surface area contributed by atoms with Crippen LogP contribution in [-0.4, -0.2) is 23.0 Å². The number of ketones is 1. The molecule has 4 nitrogen and oxygen atoms in total. The predicted molar refractivity (Wildman–Crippen MR) is 138 cm³/mol. The van der Waals surface area contributed by atoms with Gasteiger partial charge in [-0.2, -0.15) is 0 Å². The molecule has 1 aliphatic rings. The van der Waals surface area contributed by atoms with Crippen LogP contribution in [0.3, 0.4) is 0 Å². The van der Waals surface area contributed by atoms with E-state index in [0.717, 1.165) is 17.0 Å². The highest BCUT2D eigenvalue weighted by Gasteiger charge is 2.31. The lowest BCUT2D eigenvalue weighted by Crippen LogP contribution is -2.27. The zero-order valence-electron chi connectivity index (χ0n) is 21.4. The molecule has 0 fully saturated rings. The summed E-state index contributed by atoms with van der Waals surface area (Å²) >= 11 is 0. The van der Waals surface area contributed by atoms with Crippen molar-refractivity contribution in [1.29, 1.82) is 0 Å². The van der Waals surface area contributed by atoms with Gasteiger partial charge in [-0.15, -0.1) is 0 Å². The third-order valence-corrected chi connectivity index (χ3v) is 6.68. The van der Waals surface area contributed by atoms with Crippen molar-refractivity contribution in [2.24, 2.45) is 0 Å². The Labute approximate surface area is 213 Å². The maximum Gasteiger partial charge on any atom is 0.266 e. The molecule has 0 saturated carbocycles. The molecule has 0 bridgehead atoms. The number of rotatable bonds is 5. The Hall–Kier alpha value is -3.45. The van der Waals surface area contributed by atoms with Gasteiger partial charge in [0.2, 0.25) is 0 Å². The van der Waals surface area contributed by atoms with Crippen molar-refractivity contribution < 1.29 is 27.4 Å². The van der Waals surface area contributed by atoms with Gasteiger partial charge in [0.25, 0.3) is 6.43 Å². The Morgan fingerprint density at radius 1 is 1.14 bits per heavy atom. The van der Waals surface area contributed by atoms with E-state index in [1.807, 2.05) is 45.9 Å². The molecule has 37 heavy (non-hydrogen) atoms. The summed E-state index contributed by atoms with van der Waals surface area (Å²) in [5.41, 5.74) is 2.83. The van der Waals surface area contributed by atoms with E-state index in [0.29, 0.717) is 57.3 Å². The number of aromatic nitrogens is 1. The summed E-state index contributed by atoms with van der Waals surface area (Å²) in [6, 6.07) is 9.66. The van der Waals surface area contributed by atoms with E-state index in [-0.39, 0.29) is 5.78 Å². The minimum absolute atomic E-state index is 0.220. The van der Waals surface area contributed by atoms with Crippen LogP contribution in [0.5, 0.6) is 5.75 Å². The first-order chi connectivity index (χ1) is 17.5. The number of aryl methyl sites for hydroxylation is 1. The molecule has 192 valence electrons. The van der Waals surface area contributed by atoms with Crippen LogP contribution in [0.15, 0.2) is 42.6 Å². The van der Waals surface area contributed by atoms with E-state index in [4.69, 9.17) is 9.47 Å². The molecule has 7 heteroatoms. The number of hydrogen-bond acceptors (Lipinski definition) is 4. The average molecular weight is 508 g/mol. The third-order valence-electron chi connectivity index (χ3n) is 6.68. The number of carbonyl (C=O) groups is 1. The van der Waals surface area contributed by atoms with Gasteiger partial charge in [-0.3, -0.25) is 9.78 Å². The monoisotopic (exact) mass is 507 g/mol. The summed E-state index contributed by atoms with van der Waals surface area (Å²) < 4.78 is 54.3. The highest BCUT2D eigenvalue weighted by atomic mass is 19.3. The Bertz CT molecular complexity index is 1550. The van der Waals surface area contributed by atoms with E-state index < -0.39 is 29.5 Å².